The number of nitrogens with one attached hydrogen (secondary N) is 1. The van der Waals surface area contributed by atoms with E-state index in [-0.39, 0.29) is 6.04 Å². The largest absolute Gasteiger partial charge is 0.497 e. The van der Waals surface area contributed by atoms with E-state index in [4.69, 9.17) is 16.3 Å². The molecular weight excluding hydrogens is 252 g/mol. The Labute approximate surface area is 118 Å². The summed E-state index contributed by atoms with van der Waals surface area (Å²) in [7, 11) is 1.66. The van der Waals surface area contributed by atoms with Crippen LogP contribution in [0.2, 0.25) is 0 Å². The van der Waals surface area contributed by atoms with E-state index in [1.807, 2.05) is 30.3 Å². The van der Waals surface area contributed by atoms with E-state index in [2.05, 4.69) is 16.5 Å². The van der Waals surface area contributed by atoms with Gasteiger partial charge < -0.3 is 10.5 Å². The summed E-state index contributed by atoms with van der Waals surface area (Å²) in [6.07, 6.45) is 3.21. The highest BCUT2D eigenvalue weighted by atomic mass is 16.5. The third kappa shape index (κ3) is 3.69. The first-order chi connectivity index (χ1) is 9.72. The second kappa shape index (κ2) is 6.88. The fourth-order valence-electron chi connectivity index (χ4n) is 2.16. The number of benzene rings is 1. The Balaban J connectivity index is 2.07. The first-order valence-electron chi connectivity index (χ1n) is 6.51. The van der Waals surface area contributed by atoms with E-state index in [1.165, 1.54) is 0 Å². The predicted molar refractivity (Wildman–Crippen MR) is 80.2 cm³/mol. The second-order valence-electron chi connectivity index (χ2n) is 4.67. The van der Waals surface area contributed by atoms with Gasteiger partial charge in [0, 0.05) is 12.2 Å². The molecule has 1 unspecified atom stereocenters. The lowest BCUT2D eigenvalue weighted by Crippen LogP contribution is -2.38. The van der Waals surface area contributed by atoms with Crippen molar-refractivity contribution in [2.75, 3.05) is 12.8 Å². The molecule has 1 atom stereocenters. The number of ether oxygens (including phenoxy) is 1. The van der Waals surface area contributed by atoms with Crippen LogP contribution in [0, 0.1) is 0 Å². The lowest BCUT2D eigenvalue weighted by molar-refractivity contribution is 0.413. The molecule has 0 aliphatic rings. The van der Waals surface area contributed by atoms with Crippen LogP contribution in [0.25, 0.3) is 0 Å². The van der Waals surface area contributed by atoms with Crippen molar-refractivity contribution in [2.24, 2.45) is 5.84 Å². The predicted octanol–water partition coefficient (Wildman–Crippen LogP) is 1.29. The second-order valence-corrected chi connectivity index (χ2v) is 4.67. The maximum absolute atomic E-state index is 5.86. The number of methoxy groups -OCH3 is 1. The Bertz CT molecular complexity index is 559. The number of nitrogens with zero attached hydrogens (tertiary/aromatic N) is 1. The van der Waals surface area contributed by atoms with Gasteiger partial charge in [0.05, 0.1) is 7.11 Å². The molecule has 5 N–H and O–H groups in total. The van der Waals surface area contributed by atoms with Gasteiger partial charge in [-0.15, -0.1) is 0 Å². The number of hydrazine groups is 1. The standard InChI is InChI=1S/C15H20N4O/c1-20-14-6-2-4-11(9-14)8-13(19-17)10-12-5-3-7-18-15(12)16/h2-7,9,13,19H,8,10,17H2,1H3,(H2,16,18). The summed E-state index contributed by atoms with van der Waals surface area (Å²) in [6.45, 7) is 0. The molecule has 0 saturated carbocycles. The Kier molecular flexibility index (Phi) is 4.92. The van der Waals surface area contributed by atoms with Crippen LogP contribution >= 0.6 is 0 Å². The van der Waals surface area contributed by atoms with Gasteiger partial charge in [0.2, 0.25) is 0 Å². The van der Waals surface area contributed by atoms with E-state index >= 15 is 0 Å². The molecule has 1 heterocycles. The van der Waals surface area contributed by atoms with Gasteiger partial charge in [0.15, 0.2) is 0 Å². The van der Waals surface area contributed by atoms with Crippen LogP contribution in [0.4, 0.5) is 5.82 Å². The molecule has 2 aromatic rings. The highest BCUT2D eigenvalue weighted by Crippen LogP contribution is 2.16. The molecule has 20 heavy (non-hydrogen) atoms. The van der Waals surface area contributed by atoms with Gasteiger partial charge >= 0.3 is 0 Å². The molecule has 0 aliphatic heterocycles. The molecule has 0 aliphatic carbocycles. The fraction of sp³-hybridized carbons (Fsp3) is 0.267. The van der Waals surface area contributed by atoms with Crippen LogP contribution in [-0.2, 0) is 12.8 Å². The van der Waals surface area contributed by atoms with Crippen LogP contribution in [0.1, 0.15) is 11.1 Å². The van der Waals surface area contributed by atoms with Gasteiger partial charge in [-0.3, -0.25) is 11.3 Å². The smallest absolute Gasteiger partial charge is 0.126 e. The lowest BCUT2D eigenvalue weighted by Gasteiger charge is -2.17. The minimum Gasteiger partial charge on any atom is -0.497 e. The van der Waals surface area contributed by atoms with Crippen molar-refractivity contribution in [3.8, 4) is 5.75 Å². The number of nitrogens with two attached hydrogens (primary N) is 2. The lowest BCUT2D eigenvalue weighted by atomic mass is 9.99. The maximum atomic E-state index is 5.86. The third-order valence-corrected chi connectivity index (χ3v) is 3.24. The van der Waals surface area contributed by atoms with Crippen LogP contribution in [0.15, 0.2) is 42.6 Å². The number of pyridine rings is 1. The summed E-state index contributed by atoms with van der Waals surface area (Å²) in [5.41, 5.74) is 10.9. The molecule has 1 aromatic heterocycles. The van der Waals surface area contributed by atoms with Gasteiger partial charge in [-0.2, -0.15) is 0 Å². The average Bonchev–Trinajstić information content (AvgIpc) is 2.49. The first kappa shape index (κ1) is 14.3. The van der Waals surface area contributed by atoms with Crippen LogP contribution in [0.3, 0.4) is 0 Å². The normalized spacial score (nSPS) is 12.1. The molecular formula is C15H20N4O. The van der Waals surface area contributed by atoms with Gasteiger partial charge in [0.25, 0.3) is 0 Å². The molecule has 2 rings (SSSR count). The van der Waals surface area contributed by atoms with Crippen molar-refractivity contribution in [3.05, 3.63) is 53.7 Å². The molecule has 0 saturated heterocycles. The van der Waals surface area contributed by atoms with Gasteiger partial charge in [-0.25, -0.2) is 4.98 Å². The van der Waals surface area contributed by atoms with Crippen LogP contribution in [0.5, 0.6) is 5.75 Å². The topological polar surface area (TPSA) is 86.2 Å². The summed E-state index contributed by atoms with van der Waals surface area (Å²) in [5, 5.41) is 0. The zero-order chi connectivity index (χ0) is 14.4. The molecule has 5 heteroatoms. The van der Waals surface area contributed by atoms with Crippen molar-refractivity contribution < 1.29 is 4.74 Å². The molecule has 0 spiro atoms. The van der Waals surface area contributed by atoms with Crippen molar-refractivity contribution in [2.45, 2.75) is 18.9 Å². The molecule has 106 valence electrons. The Hall–Kier alpha value is -2.11. The Morgan fingerprint density at radius 2 is 2.10 bits per heavy atom. The summed E-state index contributed by atoms with van der Waals surface area (Å²) >= 11 is 0. The Morgan fingerprint density at radius 3 is 2.80 bits per heavy atom. The first-order valence-corrected chi connectivity index (χ1v) is 6.51. The van der Waals surface area contributed by atoms with E-state index in [0.717, 1.165) is 29.7 Å². The summed E-state index contributed by atoms with van der Waals surface area (Å²) in [4.78, 5) is 4.09. The minimum absolute atomic E-state index is 0.0913. The molecule has 0 radical (unpaired) electrons. The molecule has 0 bridgehead atoms. The molecule has 5 nitrogen and oxygen atoms in total. The number of aromatic nitrogens is 1. The quantitative estimate of drug-likeness (QED) is 0.545. The summed E-state index contributed by atoms with van der Waals surface area (Å²) in [5.74, 6) is 7.05. The van der Waals surface area contributed by atoms with Crippen molar-refractivity contribution in [3.63, 3.8) is 0 Å². The monoisotopic (exact) mass is 272 g/mol. The van der Waals surface area contributed by atoms with E-state index < -0.39 is 0 Å². The number of hydrogen-bond acceptors (Lipinski definition) is 5. The number of anilines is 1. The minimum atomic E-state index is 0.0913. The molecule has 0 fully saturated rings. The number of rotatable bonds is 6. The SMILES string of the molecule is COc1cccc(CC(Cc2cccnc2N)NN)c1. The molecule has 0 amide bonds. The highest BCUT2D eigenvalue weighted by molar-refractivity contribution is 5.39. The zero-order valence-electron chi connectivity index (χ0n) is 11.5. The third-order valence-electron chi connectivity index (χ3n) is 3.24. The number of nitrogen functional groups attached to an aromatic ring is 1. The van der Waals surface area contributed by atoms with Gasteiger partial charge in [-0.05, 0) is 42.2 Å². The molecule has 1 aromatic carbocycles. The highest BCUT2D eigenvalue weighted by Gasteiger charge is 2.11. The summed E-state index contributed by atoms with van der Waals surface area (Å²) < 4.78 is 5.23. The average molecular weight is 272 g/mol. The van der Waals surface area contributed by atoms with E-state index in [0.29, 0.717) is 5.82 Å². The van der Waals surface area contributed by atoms with E-state index in [1.54, 1.807) is 13.3 Å². The fourth-order valence-corrected chi connectivity index (χ4v) is 2.16. The van der Waals surface area contributed by atoms with Gasteiger partial charge in [0.1, 0.15) is 11.6 Å². The van der Waals surface area contributed by atoms with Crippen molar-refractivity contribution in [1.29, 1.82) is 0 Å². The van der Waals surface area contributed by atoms with Crippen LogP contribution in [-0.4, -0.2) is 18.1 Å². The Morgan fingerprint density at radius 1 is 1.25 bits per heavy atom. The van der Waals surface area contributed by atoms with Crippen molar-refractivity contribution in [1.82, 2.24) is 10.4 Å². The maximum Gasteiger partial charge on any atom is 0.126 e. The summed E-state index contributed by atoms with van der Waals surface area (Å²) in [6, 6.07) is 11.9. The zero-order valence-corrected chi connectivity index (χ0v) is 11.5. The van der Waals surface area contributed by atoms with Crippen LogP contribution < -0.4 is 21.7 Å². The van der Waals surface area contributed by atoms with Crippen molar-refractivity contribution >= 4 is 5.82 Å². The van der Waals surface area contributed by atoms with E-state index in [9.17, 15) is 0 Å². The van der Waals surface area contributed by atoms with Gasteiger partial charge in [-0.1, -0.05) is 18.2 Å². The number of hydrogen-bond donors (Lipinski definition) is 3.